The molecule has 2 fully saturated rings. The lowest BCUT2D eigenvalue weighted by Crippen LogP contribution is -2.36. The Labute approximate surface area is 129 Å². The van der Waals surface area contributed by atoms with Crippen LogP contribution in [0.4, 0.5) is 0 Å². The Bertz CT molecular complexity index is 730. The van der Waals surface area contributed by atoms with Crippen LogP contribution >= 0.6 is 11.6 Å². The quantitative estimate of drug-likeness (QED) is 0.844. The molecule has 1 saturated carbocycles. The Kier molecular flexibility index (Phi) is 2.83. The fourth-order valence-electron chi connectivity index (χ4n) is 3.93. The van der Waals surface area contributed by atoms with E-state index in [0.29, 0.717) is 10.4 Å². The van der Waals surface area contributed by atoms with E-state index in [1.165, 1.54) is 25.7 Å². The summed E-state index contributed by atoms with van der Waals surface area (Å²) in [5.41, 5.74) is 3.15. The van der Waals surface area contributed by atoms with Gasteiger partial charge < -0.3 is 9.88 Å². The molecule has 2 aliphatic rings. The lowest BCUT2D eigenvalue weighted by molar-refractivity contribution is 0.0733. The summed E-state index contributed by atoms with van der Waals surface area (Å²) in [7, 11) is 0. The summed E-state index contributed by atoms with van der Waals surface area (Å²) < 4.78 is 0. The molecule has 0 atom stereocenters. The molecule has 2 aromatic rings. The molecule has 1 aromatic heterocycles. The lowest BCUT2D eigenvalue weighted by Gasteiger charge is -2.37. The van der Waals surface area contributed by atoms with Crippen molar-refractivity contribution in [2.24, 2.45) is 5.41 Å². The van der Waals surface area contributed by atoms with Crippen LogP contribution in [0, 0.1) is 12.3 Å². The maximum Gasteiger partial charge on any atom is 0.256 e. The molecule has 4 heteroatoms. The highest BCUT2D eigenvalue weighted by Gasteiger charge is 2.44. The summed E-state index contributed by atoms with van der Waals surface area (Å²) in [5, 5.41) is 1.62. The highest BCUT2D eigenvalue weighted by atomic mass is 35.5. The first kappa shape index (κ1) is 13.2. The number of hydrogen-bond donors (Lipinski definition) is 1. The molecule has 1 aliphatic heterocycles. The zero-order chi connectivity index (χ0) is 14.6. The van der Waals surface area contributed by atoms with Gasteiger partial charge in [0.05, 0.1) is 5.56 Å². The van der Waals surface area contributed by atoms with Crippen LogP contribution in [0.3, 0.4) is 0 Å². The molecular weight excluding hydrogens is 284 g/mol. The van der Waals surface area contributed by atoms with Gasteiger partial charge in [0.1, 0.15) is 0 Å². The number of aromatic amines is 1. The zero-order valence-electron chi connectivity index (χ0n) is 12.2. The topological polar surface area (TPSA) is 36.1 Å². The number of aryl methyl sites for hydroxylation is 1. The minimum Gasteiger partial charge on any atom is -0.358 e. The van der Waals surface area contributed by atoms with E-state index >= 15 is 0 Å². The van der Waals surface area contributed by atoms with Crippen LogP contribution in [-0.2, 0) is 0 Å². The summed E-state index contributed by atoms with van der Waals surface area (Å²) in [5.74, 6) is 0.157. The first-order valence-electron chi connectivity index (χ1n) is 7.65. The van der Waals surface area contributed by atoms with Gasteiger partial charge in [-0.15, -0.1) is 0 Å². The van der Waals surface area contributed by atoms with Gasteiger partial charge in [-0.1, -0.05) is 18.0 Å². The van der Waals surface area contributed by atoms with E-state index in [9.17, 15) is 4.79 Å². The molecule has 1 aromatic carbocycles. The van der Waals surface area contributed by atoms with Crippen LogP contribution in [0.5, 0.6) is 0 Å². The molecule has 3 nitrogen and oxygen atoms in total. The number of carbonyl (C=O) groups excluding carboxylic acids is 1. The van der Waals surface area contributed by atoms with Crippen LogP contribution < -0.4 is 0 Å². The first-order chi connectivity index (χ1) is 10.1. The number of likely N-dealkylation sites (tertiary alicyclic amines) is 1. The maximum absolute atomic E-state index is 12.9. The number of rotatable bonds is 1. The largest absolute Gasteiger partial charge is 0.358 e. The van der Waals surface area contributed by atoms with Crippen LogP contribution in [0.25, 0.3) is 10.9 Å². The Morgan fingerprint density at radius 2 is 2.14 bits per heavy atom. The van der Waals surface area contributed by atoms with Crippen molar-refractivity contribution >= 4 is 28.4 Å². The zero-order valence-corrected chi connectivity index (χ0v) is 13.0. The number of halogens is 1. The fraction of sp³-hybridized carbons (Fsp3) is 0.471. The smallest absolute Gasteiger partial charge is 0.256 e. The van der Waals surface area contributed by atoms with Gasteiger partial charge in [0.25, 0.3) is 5.91 Å². The SMILES string of the molecule is Cc1[nH]c2ccc(Cl)cc2c1C(=O)N1CCC2(CCC2)C1. The van der Waals surface area contributed by atoms with Crippen molar-refractivity contribution in [1.29, 1.82) is 0 Å². The van der Waals surface area contributed by atoms with Crippen LogP contribution in [0.2, 0.25) is 5.02 Å². The molecule has 1 saturated heterocycles. The summed E-state index contributed by atoms with van der Waals surface area (Å²) in [6, 6.07) is 5.69. The second-order valence-corrected chi connectivity index (χ2v) is 7.08. The molecule has 110 valence electrons. The van der Waals surface area contributed by atoms with E-state index in [1.807, 2.05) is 30.0 Å². The van der Waals surface area contributed by atoms with E-state index in [1.54, 1.807) is 0 Å². The van der Waals surface area contributed by atoms with Gasteiger partial charge in [-0.05, 0) is 49.8 Å². The molecule has 1 aliphatic carbocycles. The van der Waals surface area contributed by atoms with E-state index < -0.39 is 0 Å². The highest BCUT2D eigenvalue weighted by molar-refractivity contribution is 6.31. The number of fused-ring (bicyclic) bond motifs is 1. The fourth-order valence-corrected chi connectivity index (χ4v) is 4.10. The molecule has 0 bridgehead atoms. The predicted octanol–water partition coefficient (Wildman–Crippen LogP) is 4.15. The average Bonchev–Trinajstić information content (AvgIpc) is 2.98. The van der Waals surface area contributed by atoms with Gasteiger partial charge in [0.2, 0.25) is 0 Å². The van der Waals surface area contributed by atoms with E-state index in [2.05, 4.69) is 4.98 Å². The number of nitrogens with one attached hydrogen (secondary N) is 1. The molecule has 4 rings (SSSR count). The third kappa shape index (κ3) is 1.98. The van der Waals surface area contributed by atoms with Crippen molar-refractivity contribution in [3.8, 4) is 0 Å². The molecule has 21 heavy (non-hydrogen) atoms. The molecule has 2 heterocycles. The summed E-state index contributed by atoms with van der Waals surface area (Å²) >= 11 is 6.10. The number of aromatic nitrogens is 1. The lowest BCUT2D eigenvalue weighted by atomic mass is 9.68. The Morgan fingerprint density at radius 3 is 2.81 bits per heavy atom. The summed E-state index contributed by atoms with van der Waals surface area (Å²) in [6.45, 7) is 3.79. The Balaban J connectivity index is 1.71. The van der Waals surface area contributed by atoms with Crippen molar-refractivity contribution in [2.75, 3.05) is 13.1 Å². The summed E-state index contributed by atoms with van der Waals surface area (Å²) in [6.07, 6.45) is 5.07. The molecular formula is C17H19ClN2O. The number of nitrogens with zero attached hydrogens (tertiary/aromatic N) is 1. The molecule has 0 unspecified atom stereocenters. The van der Waals surface area contributed by atoms with Gasteiger partial charge in [0, 0.05) is 34.7 Å². The first-order valence-corrected chi connectivity index (χ1v) is 8.03. The minimum atomic E-state index is 0.157. The highest BCUT2D eigenvalue weighted by Crippen LogP contribution is 2.48. The third-order valence-corrected chi connectivity index (χ3v) is 5.54. The Morgan fingerprint density at radius 1 is 1.33 bits per heavy atom. The number of hydrogen-bond acceptors (Lipinski definition) is 1. The third-order valence-electron chi connectivity index (χ3n) is 5.30. The monoisotopic (exact) mass is 302 g/mol. The summed E-state index contributed by atoms with van der Waals surface area (Å²) in [4.78, 5) is 18.3. The van der Waals surface area contributed by atoms with Crippen molar-refractivity contribution in [3.05, 3.63) is 34.5 Å². The number of amides is 1. The predicted molar refractivity (Wildman–Crippen MR) is 84.9 cm³/mol. The normalized spacial score (nSPS) is 20.2. The second-order valence-electron chi connectivity index (χ2n) is 6.65. The molecule has 1 amide bonds. The molecule has 0 radical (unpaired) electrons. The Hall–Kier alpha value is -1.48. The molecule has 1 spiro atoms. The van der Waals surface area contributed by atoms with Crippen LogP contribution in [0.15, 0.2) is 18.2 Å². The van der Waals surface area contributed by atoms with E-state index in [4.69, 9.17) is 11.6 Å². The minimum absolute atomic E-state index is 0.157. The van der Waals surface area contributed by atoms with Crippen LogP contribution in [0.1, 0.15) is 41.7 Å². The van der Waals surface area contributed by atoms with Crippen molar-refractivity contribution in [2.45, 2.75) is 32.6 Å². The van der Waals surface area contributed by atoms with Crippen molar-refractivity contribution in [1.82, 2.24) is 9.88 Å². The van der Waals surface area contributed by atoms with E-state index in [-0.39, 0.29) is 5.91 Å². The number of carbonyl (C=O) groups is 1. The maximum atomic E-state index is 12.9. The van der Waals surface area contributed by atoms with Gasteiger partial charge in [-0.3, -0.25) is 4.79 Å². The number of benzene rings is 1. The van der Waals surface area contributed by atoms with Gasteiger partial charge in [0.15, 0.2) is 0 Å². The van der Waals surface area contributed by atoms with Gasteiger partial charge in [-0.25, -0.2) is 0 Å². The standard InChI is InChI=1S/C17H19ClN2O/c1-11-15(13-9-12(18)3-4-14(13)19-11)16(21)20-8-7-17(10-20)5-2-6-17/h3-4,9,19H,2,5-8,10H2,1H3. The molecule has 1 N–H and O–H groups in total. The average molecular weight is 303 g/mol. The van der Waals surface area contributed by atoms with Crippen molar-refractivity contribution < 1.29 is 4.79 Å². The van der Waals surface area contributed by atoms with Crippen LogP contribution in [-0.4, -0.2) is 28.9 Å². The van der Waals surface area contributed by atoms with Gasteiger partial charge in [-0.2, -0.15) is 0 Å². The van der Waals surface area contributed by atoms with E-state index in [0.717, 1.165) is 35.2 Å². The van der Waals surface area contributed by atoms with Gasteiger partial charge >= 0.3 is 0 Å². The number of H-pyrrole nitrogens is 1. The van der Waals surface area contributed by atoms with Crippen molar-refractivity contribution in [3.63, 3.8) is 0 Å². The second kappa shape index (κ2) is 4.51.